The smallest absolute Gasteiger partial charge is 0.288 e. The number of benzene rings is 1. The van der Waals surface area contributed by atoms with Crippen molar-refractivity contribution in [1.82, 2.24) is 5.32 Å². The average molecular weight is 312 g/mol. The van der Waals surface area contributed by atoms with Gasteiger partial charge in [0, 0.05) is 24.7 Å². The zero-order chi connectivity index (χ0) is 15.6. The van der Waals surface area contributed by atoms with Crippen LogP contribution in [0, 0.1) is 23.0 Å². The topological polar surface area (TPSA) is 101 Å². The first-order valence-corrected chi connectivity index (χ1v) is 6.78. The van der Waals surface area contributed by atoms with E-state index < -0.39 is 4.92 Å². The number of rotatable bonds is 3. The third-order valence-corrected chi connectivity index (χ3v) is 3.69. The molecule has 0 aliphatic carbocycles. The molecule has 1 aromatic rings. The Morgan fingerprint density at radius 2 is 2.24 bits per heavy atom. The zero-order valence-electron chi connectivity index (χ0n) is 11.3. The standard InChI is InChI=1S/C13H14ClN3O4/c1-7-4-11(17(20)21)9(14)5-10(7)16-13(19)8-2-3-12(18)15-6-8/h4-5,8H,2-3,6H2,1H3,(H,15,18)(H,16,19). The summed E-state index contributed by atoms with van der Waals surface area (Å²) in [6.45, 7) is 1.95. The molecule has 0 saturated carbocycles. The van der Waals surface area contributed by atoms with Gasteiger partial charge in [-0.3, -0.25) is 19.7 Å². The third kappa shape index (κ3) is 3.49. The SMILES string of the molecule is Cc1cc([N+](=O)[O-])c(Cl)cc1NC(=O)C1CCC(=O)NC1. The number of carbonyl (C=O) groups is 2. The summed E-state index contributed by atoms with van der Waals surface area (Å²) in [7, 11) is 0. The normalized spacial score (nSPS) is 18.0. The van der Waals surface area contributed by atoms with Gasteiger partial charge in [0.2, 0.25) is 11.8 Å². The van der Waals surface area contributed by atoms with Gasteiger partial charge in [0.1, 0.15) is 5.02 Å². The Bertz CT molecular complexity index is 608. The van der Waals surface area contributed by atoms with E-state index in [4.69, 9.17) is 11.6 Å². The zero-order valence-corrected chi connectivity index (χ0v) is 12.1. The monoisotopic (exact) mass is 311 g/mol. The predicted octanol–water partition coefficient (Wildman–Crippen LogP) is 2.02. The van der Waals surface area contributed by atoms with Gasteiger partial charge in [0.25, 0.3) is 5.69 Å². The molecule has 1 aliphatic rings. The molecule has 7 nitrogen and oxygen atoms in total. The maximum atomic E-state index is 12.1. The van der Waals surface area contributed by atoms with Gasteiger partial charge in [-0.2, -0.15) is 0 Å². The second kappa shape index (κ2) is 6.09. The van der Waals surface area contributed by atoms with Crippen LogP contribution in [0.25, 0.3) is 0 Å². The van der Waals surface area contributed by atoms with Gasteiger partial charge in [0.15, 0.2) is 0 Å². The molecule has 2 rings (SSSR count). The van der Waals surface area contributed by atoms with E-state index in [0.29, 0.717) is 30.6 Å². The van der Waals surface area contributed by atoms with Crippen molar-refractivity contribution in [1.29, 1.82) is 0 Å². The number of hydrogen-bond acceptors (Lipinski definition) is 4. The number of amides is 2. The molecule has 0 aromatic heterocycles. The molecule has 2 N–H and O–H groups in total. The average Bonchev–Trinajstić information content (AvgIpc) is 2.42. The molecule has 8 heteroatoms. The second-order valence-electron chi connectivity index (χ2n) is 4.90. The molecular weight excluding hydrogens is 298 g/mol. The number of nitro benzene ring substituents is 1. The highest BCUT2D eigenvalue weighted by Crippen LogP contribution is 2.31. The van der Waals surface area contributed by atoms with Crippen molar-refractivity contribution in [2.45, 2.75) is 19.8 Å². The molecule has 21 heavy (non-hydrogen) atoms. The van der Waals surface area contributed by atoms with Crippen molar-refractivity contribution in [3.05, 3.63) is 32.8 Å². The van der Waals surface area contributed by atoms with Crippen LogP contribution in [0.3, 0.4) is 0 Å². The molecule has 1 unspecified atom stereocenters. The Labute approximate surface area is 125 Å². The number of hydrogen-bond donors (Lipinski definition) is 2. The summed E-state index contributed by atoms with van der Waals surface area (Å²) in [4.78, 5) is 33.4. The minimum atomic E-state index is -0.572. The summed E-state index contributed by atoms with van der Waals surface area (Å²) >= 11 is 5.83. The molecule has 1 atom stereocenters. The van der Waals surface area contributed by atoms with E-state index in [0.717, 1.165) is 0 Å². The number of nitro groups is 1. The fourth-order valence-corrected chi connectivity index (χ4v) is 2.36. The number of halogens is 1. The Kier molecular flexibility index (Phi) is 4.42. The summed E-state index contributed by atoms with van der Waals surface area (Å²) in [5.74, 6) is -0.604. The maximum Gasteiger partial charge on any atom is 0.288 e. The molecule has 112 valence electrons. The lowest BCUT2D eigenvalue weighted by molar-refractivity contribution is -0.384. The minimum Gasteiger partial charge on any atom is -0.355 e. The quantitative estimate of drug-likeness (QED) is 0.658. The second-order valence-corrected chi connectivity index (χ2v) is 5.31. The molecule has 1 heterocycles. The lowest BCUT2D eigenvalue weighted by Gasteiger charge is -2.22. The van der Waals surface area contributed by atoms with E-state index >= 15 is 0 Å². The van der Waals surface area contributed by atoms with Crippen LogP contribution in [0.2, 0.25) is 5.02 Å². The molecule has 2 amide bonds. The molecule has 0 spiro atoms. The summed E-state index contributed by atoms with van der Waals surface area (Å²) in [5, 5.41) is 16.1. The van der Waals surface area contributed by atoms with Crippen LogP contribution >= 0.6 is 11.6 Å². The van der Waals surface area contributed by atoms with Crippen molar-refractivity contribution in [2.24, 2.45) is 5.92 Å². The molecular formula is C13H14ClN3O4. The Balaban J connectivity index is 2.12. The predicted molar refractivity (Wildman–Crippen MR) is 77.2 cm³/mol. The van der Waals surface area contributed by atoms with Crippen molar-refractivity contribution in [2.75, 3.05) is 11.9 Å². The number of nitrogens with zero attached hydrogens (tertiary/aromatic N) is 1. The number of nitrogens with one attached hydrogen (secondary N) is 2. The first kappa shape index (κ1) is 15.2. The Morgan fingerprint density at radius 3 is 2.81 bits per heavy atom. The van der Waals surface area contributed by atoms with Crippen molar-refractivity contribution in [3.8, 4) is 0 Å². The van der Waals surface area contributed by atoms with E-state index in [9.17, 15) is 19.7 Å². The minimum absolute atomic E-state index is 0.0298. The number of aryl methyl sites for hydroxylation is 1. The van der Waals surface area contributed by atoms with Gasteiger partial charge >= 0.3 is 0 Å². The Morgan fingerprint density at radius 1 is 1.52 bits per heavy atom. The van der Waals surface area contributed by atoms with E-state index in [1.807, 2.05) is 0 Å². The van der Waals surface area contributed by atoms with Gasteiger partial charge < -0.3 is 10.6 Å². The first-order chi connectivity index (χ1) is 9.88. The highest BCUT2D eigenvalue weighted by molar-refractivity contribution is 6.33. The number of carbonyl (C=O) groups excluding carboxylic acids is 2. The Hall–Kier alpha value is -2.15. The highest BCUT2D eigenvalue weighted by Gasteiger charge is 2.25. The van der Waals surface area contributed by atoms with Gasteiger partial charge in [-0.25, -0.2) is 0 Å². The van der Waals surface area contributed by atoms with Gasteiger partial charge in [-0.05, 0) is 25.0 Å². The van der Waals surface area contributed by atoms with Crippen LogP contribution in [0.15, 0.2) is 12.1 Å². The van der Waals surface area contributed by atoms with Crippen molar-refractivity contribution < 1.29 is 14.5 Å². The first-order valence-electron chi connectivity index (χ1n) is 6.40. The van der Waals surface area contributed by atoms with Gasteiger partial charge in [-0.1, -0.05) is 11.6 Å². The number of piperidine rings is 1. The fourth-order valence-electron chi connectivity index (χ4n) is 2.13. The van der Waals surface area contributed by atoms with Crippen molar-refractivity contribution >= 4 is 34.8 Å². The largest absolute Gasteiger partial charge is 0.355 e. The van der Waals surface area contributed by atoms with Crippen LogP contribution < -0.4 is 10.6 Å². The van der Waals surface area contributed by atoms with E-state index in [1.165, 1.54) is 12.1 Å². The summed E-state index contributed by atoms with van der Waals surface area (Å²) in [5.41, 5.74) is 0.795. The lowest BCUT2D eigenvalue weighted by atomic mass is 9.98. The van der Waals surface area contributed by atoms with Crippen LogP contribution in [-0.4, -0.2) is 23.3 Å². The van der Waals surface area contributed by atoms with Crippen LogP contribution in [0.5, 0.6) is 0 Å². The van der Waals surface area contributed by atoms with Crippen LogP contribution in [0.1, 0.15) is 18.4 Å². The summed E-state index contributed by atoms with van der Waals surface area (Å²) in [6, 6.07) is 2.69. The summed E-state index contributed by atoms with van der Waals surface area (Å²) < 4.78 is 0. The van der Waals surface area contributed by atoms with E-state index in [1.54, 1.807) is 6.92 Å². The van der Waals surface area contributed by atoms with Gasteiger partial charge in [-0.15, -0.1) is 0 Å². The molecule has 1 fully saturated rings. The molecule has 1 saturated heterocycles. The molecule has 1 aliphatic heterocycles. The summed E-state index contributed by atoms with van der Waals surface area (Å²) in [6.07, 6.45) is 0.801. The molecule has 0 radical (unpaired) electrons. The van der Waals surface area contributed by atoms with Gasteiger partial charge in [0.05, 0.1) is 10.8 Å². The van der Waals surface area contributed by atoms with Crippen LogP contribution in [-0.2, 0) is 9.59 Å². The molecule has 1 aromatic carbocycles. The lowest BCUT2D eigenvalue weighted by Crippen LogP contribution is -2.40. The van der Waals surface area contributed by atoms with Crippen molar-refractivity contribution in [3.63, 3.8) is 0 Å². The third-order valence-electron chi connectivity index (χ3n) is 3.38. The fraction of sp³-hybridized carbons (Fsp3) is 0.385. The number of anilines is 1. The molecule has 0 bridgehead atoms. The van der Waals surface area contributed by atoms with E-state index in [-0.39, 0.29) is 28.4 Å². The maximum absolute atomic E-state index is 12.1. The van der Waals surface area contributed by atoms with E-state index in [2.05, 4.69) is 10.6 Å². The van der Waals surface area contributed by atoms with Crippen LogP contribution in [0.4, 0.5) is 11.4 Å². The highest BCUT2D eigenvalue weighted by atomic mass is 35.5.